The van der Waals surface area contributed by atoms with Gasteiger partial charge in [0.05, 0.1) is 11.0 Å². The van der Waals surface area contributed by atoms with Crippen molar-refractivity contribution >= 4 is 11.5 Å². The van der Waals surface area contributed by atoms with Crippen molar-refractivity contribution in [3.63, 3.8) is 0 Å². The Bertz CT molecular complexity index is 419. The molecule has 7 heteroatoms. The second kappa shape index (κ2) is 6.13. The van der Waals surface area contributed by atoms with E-state index in [9.17, 15) is 10.1 Å². The lowest BCUT2D eigenvalue weighted by Crippen LogP contribution is -2.24. The van der Waals surface area contributed by atoms with E-state index in [1.54, 1.807) is 18.7 Å². The largest absolute Gasteiger partial charge is 0.470 e. The average molecular weight is 254 g/mol. The predicted octanol–water partition coefficient (Wildman–Crippen LogP) is 2.02. The fourth-order valence-electron chi connectivity index (χ4n) is 1.58. The van der Waals surface area contributed by atoms with Crippen LogP contribution in [-0.4, -0.2) is 34.1 Å². The summed E-state index contributed by atoms with van der Waals surface area (Å²) >= 11 is 0. The van der Waals surface area contributed by atoms with E-state index in [4.69, 9.17) is 4.74 Å². The minimum absolute atomic E-state index is 0.0203. The Morgan fingerprint density at radius 3 is 2.44 bits per heavy atom. The van der Waals surface area contributed by atoms with Crippen molar-refractivity contribution in [1.82, 2.24) is 9.97 Å². The van der Waals surface area contributed by atoms with E-state index < -0.39 is 4.92 Å². The van der Waals surface area contributed by atoms with E-state index in [-0.39, 0.29) is 17.7 Å². The number of rotatable bonds is 6. The van der Waals surface area contributed by atoms with Gasteiger partial charge in [-0.3, -0.25) is 10.1 Å². The third kappa shape index (κ3) is 3.06. The minimum Gasteiger partial charge on any atom is -0.470 e. The molecule has 7 nitrogen and oxygen atoms in total. The number of hydrogen-bond donors (Lipinski definition) is 0. The van der Waals surface area contributed by atoms with Crippen molar-refractivity contribution in [2.24, 2.45) is 0 Å². The van der Waals surface area contributed by atoms with Crippen LogP contribution in [0.5, 0.6) is 5.88 Å². The summed E-state index contributed by atoms with van der Waals surface area (Å²) in [5.41, 5.74) is -0.171. The smallest absolute Gasteiger partial charge is 0.372 e. The molecule has 0 spiro atoms. The normalized spacial score (nSPS) is 10.5. The monoisotopic (exact) mass is 254 g/mol. The molecule has 0 aliphatic rings. The molecule has 0 atom stereocenters. The zero-order chi connectivity index (χ0) is 13.7. The Hall–Kier alpha value is -1.92. The van der Waals surface area contributed by atoms with Crippen LogP contribution in [0.2, 0.25) is 0 Å². The van der Waals surface area contributed by atoms with Gasteiger partial charge < -0.3 is 9.64 Å². The second-order valence-corrected chi connectivity index (χ2v) is 3.95. The number of aromatic nitrogens is 2. The molecule has 0 aromatic carbocycles. The molecular weight excluding hydrogens is 236 g/mol. The summed E-state index contributed by atoms with van der Waals surface area (Å²) < 4.78 is 5.37. The maximum absolute atomic E-state index is 11.2. The van der Waals surface area contributed by atoms with Gasteiger partial charge in [-0.25, -0.2) is 4.98 Å². The summed E-state index contributed by atoms with van der Waals surface area (Å²) in [7, 11) is 0. The van der Waals surface area contributed by atoms with Crippen LogP contribution in [0.15, 0.2) is 6.33 Å². The lowest BCUT2D eigenvalue weighted by Gasteiger charge is -2.20. The number of nitrogens with zero attached hydrogens (tertiary/aromatic N) is 4. The summed E-state index contributed by atoms with van der Waals surface area (Å²) in [5, 5.41) is 11.2. The SMILES string of the molecule is CCN(CC)c1ncnc(OC(C)C)c1[N+](=O)[O-]. The van der Waals surface area contributed by atoms with Crippen molar-refractivity contribution in [3.8, 4) is 5.88 Å². The van der Waals surface area contributed by atoms with Crippen LogP contribution in [0.25, 0.3) is 0 Å². The molecule has 18 heavy (non-hydrogen) atoms. The van der Waals surface area contributed by atoms with E-state index in [0.29, 0.717) is 18.9 Å². The van der Waals surface area contributed by atoms with Crippen LogP contribution in [0.1, 0.15) is 27.7 Å². The molecule has 0 aliphatic carbocycles. The van der Waals surface area contributed by atoms with Gasteiger partial charge in [-0.15, -0.1) is 0 Å². The first-order chi connectivity index (χ1) is 8.51. The van der Waals surface area contributed by atoms with Gasteiger partial charge in [0.25, 0.3) is 5.88 Å². The molecule has 100 valence electrons. The van der Waals surface area contributed by atoms with Gasteiger partial charge in [-0.05, 0) is 27.7 Å². The van der Waals surface area contributed by atoms with Crippen LogP contribution in [0, 0.1) is 10.1 Å². The quantitative estimate of drug-likeness (QED) is 0.570. The molecule has 0 radical (unpaired) electrons. The fourth-order valence-corrected chi connectivity index (χ4v) is 1.58. The summed E-state index contributed by atoms with van der Waals surface area (Å²) in [6.45, 7) is 8.69. The molecule has 1 aromatic rings. The van der Waals surface area contributed by atoms with Crippen molar-refractivity contribution in [3.05, 3.63) is 16.4 Å². The van der Waals surface area contributed by atoms with Gasteiger partial charge in [-0.2, -0.15) is 4.98 Å². The molecule has 1 aromatic heterocycles. The molecule has 0 N–H and O–H groups in total. The number of nitro groups is 1. The Labute approximate surface area is 106 Å². The molecular formula is C11H18N4O3. The van der Waals surface area contributed by atoms with E-state index >= 15 is 0 Å². The third-order valence-corrected chi connectivity index (χ3v) is 2.36. The zero-order valence-corrected chi connectivity index (χ0v) is 11.1. The average Bonchev–Trinajstić information content (AvgIpc) is 2.29. The Kier molecular flexibility index (Phi) is 4.82. The van der Waals surface area contributed by atoms with Crippen molar-refractivity contribution in [2.75, 3.05) is 18.0 Å². The molecule has 1 rings (SSSR count). The van der Waals surface area contributed by atoms with E-state index in [1.807, 2.05) is 13.8 Å². The van der Waals surface area contributed by atoms with E-state index in [1.165, 1.54) is 6.33 Å². The van der Waals surface area contributed by atoms with E-state index in [2.05, 4.69) is 9.97 Å². The van der Waals surface area contributed by atoms with Crippen LogP contribution in [-0.2, 0) is 0 Å². The maximum atomic E-state index is 11.2. The van der Waals surface area contributed by atoms with Gasteiger partial charge >= 0.3 is 5.69 Å². The Morgan fingerprint density at radius 1 is 1.39 bits per heavy atom. The summed E-state index contributed by atoms with van der Waals surface area (Å²) in [6.07, 6.45) is 1.11. The van der Waals surface area contributed by atoms with Gasteiger partial charge in [0.2, 0.25) is 5.82 Å². The van der Waals surface area contributed by atoms with E-state index in [0.717, 1.165) is 0 Å². The molecule has 0 aliphatic heterocycles. The molecule has 0 fully saturated rings. The molecule has 0 saturated heterocycles. The highest BCUT2D eigenvalue weighted by molar-refractivity contribution is 5.62. The van der Waals surface area contributed by atoms with Crippen molar-refractivity contribution in [2.45, 2.75) is 33.8 Å². The summed E-state index contributed by atoms with van der Waals surface area (Å²) in [5.74, 6) is 0.322. The molecule has 0 unspecified atom stereocenters. The van der Waals surface area contributed by atoms with Crippen LogP contribution in [0.4, 0.5) is 11.5 Å². The van der Waals surface area contributed by atoms with Crippen molar-refractivity contribution in [1.29, 1.82) is 0 Å². The maximum Gasteiger partial charge on any atom is 0.372 e. The fraction of sp³-hybridized carbons (Fsp3) is 0.636. The highest BCUT2D eigenvalue weighted by atomic mass is 16.6. The third-order valence-electron chi connectivity index (χ3n) is 2.36. The first kappa shape index (κ1) is 14.1. The molecule has 0 amide bonds. The van der Waals surface area contributed by atoms with Gasteiger partial charge in [0.15, 0.2) is 0 Å². The van der Waals surface area contributed by atoms with Gasteiger partial charge in [0.1, 0.15) is 6.33 Å². The first-order valence-electron chi connectivity index (χ1n) is 5.92. The summed E-state index contributed by atoms with van der Waals surface area (Å²) in [6, 6.07) is 0. The van der Waals surface area contributed by atoms with Crippen molar-refractivity contribution < 1.29 is 9.66 Å². The molecule has 0 bridgehead atoms. The first-order valence-corrected chi connectivity index (χ1v) is 5.92. The van der Waals surface area contributed by atoms with Crippen LogP contribution < -0.4 is 9.64 Å². The minimum atomic E-state index is -0.495. The Balaban J connectivity index is 3.29. The highest BCUT2D eigenvalue weighted by Crippen LogP contribution is 2.33. The standard InChI is InChI=1S/C11H18N4O3/c1-5-14(6-2)10-9(15(16)17)11(13-7-12-10)18-8(3)4/h7-8H,5-6H2,1-4H3. The lowest BCUT2D eigenvalue weighted by atomic mass is 10.4. The topological polar surface area (TPSA) is 81.4 Å². The Morgan fingerprint density at radius 2 is 2.00 bits per heavy atom. The highest BCUT2D eigenvalue weighted by Gasteiger charge is 2.27. The predicted molar refractivity (Wildman–Crippen MR) is 68.0 cm³/mol. The number of ether oxygens (including phenoxy) is 1. The van der Waals surface area contributed by atoms with Crippen LogP contribution in [0.3, 0.4) is 0 Å². The molecule has 0 saturated carbocycles. The summed E-state index contributed by atoms with van der Waals surface area (Å²) in [4.78, 5) is 20.3. The lowest BCUT2D eigenvalue weighted by molar-refractivity contribution is -0.385. The van der Waals surface area contributed by atoms with Crippen LogP contribution >= 0.6 is 0 Å². The van der Waals surface area contributed by atoms with Gasteiger partial charge in [0, 0.05) is 13.1 Å². The number of anilines is 1. The zero-order valence-electron chi connectivity index (χ0n) is 11.1. The van der Waals surface area contributed by atoms with Gasteiger partial charge in [-0.1, -0.05) is 0 Å². The second-order valence-electron chi connectivity index (χ2n) is 3.95. The number of hydrogen-bond acceptors (Lipinski definition) is 6. The molecule has 1 heterocycles.